The molecular formula is C22H23N3O5S. The molecule has 2 aromatic carbocycles. The highest BCUT2D eigenvalue weighted by Gasteiger charge is 2.32. The van der Waals surface area contributed by atoms with Crippen LogP contribution in [0.3, 0.4) is 0 Å². The summed E-state index contributed by atoms with van der Waals surface area (Å²) in [7, 11) is 0. The molecule has 0 aromatic heterocycles. The fourth-order valence-corrected chi connectivity index (χ4v) is 4.03. The van der Waals surface area contributed by atoms with Crippen LogP contribution in [0.5, 0.6) is 17.2 Å². The Morgan fingerprint density at radius 3 is 2.74 bits per heavy atom. The summed E-state index contributed by atoms with van der Waals surface area (Å²) in [5.41, 5.74) is 1.30. The van der Waals surface area contributed by atoms with Crippen molar-refractivity contribution in [2.75, 3.05) is 25.1 Å². The topological polar surface area (TPSA) is 98.2 Å². The number of amidine groups is 1. The van der Waals surface area contributed by atoms with Gasteiger partial charge in [0.15, 0.2) is 16.7 Å². The molecule has 31 heavy (non-hydrogen) atoms. The van der Waals surface area contributed by atoms with Crippen LogP contribution in [0.4, 0.5) is 11.4 Å². The van der Waals surface area contributed by atoms with E-state index in [1.54, 1.807) is 42.5 Å². The lowest BCUT2D eigenvalue weighted by Gasteiger charge is -2.18. The molecule has 0 unspecified atom stereocenters. The van der Waals surface area contributed by atoms with Crippen molar-refractivity contribution in [2.24, 2.45) is 4.99 Å². The number of ether oxygens (including phenoxy) is 3. The van der Waals surface area contributed by atoms with Crippen LogP contribution in [0.2, 0.25) is 0 Å². The van der Waals surface area contributed by atoms with Crippen LogP contribution in [0.15, 0.2) is 47.5 Å². The van der Waals surface area contributed by atoms with Gasteiger partial charge in [0.1, 0.15) is 24.2 Å². The Bertz CT molecular complexity index is 993. The van der Waals surface area contributed by atoms with Gasteiger partial charge in [-0.05, 0) is 42.8 Å². The van der Waals surface area contributed by atoms with Crippen molar-refractivity contribution in [3.63, 3.8) is 0 Å². The van der Waals surface area contributed by atoms with Crippen molar-refractivity contribution in [1.29, 1.82) is 0 Å². The molecule has 9 heteroatoms. The number of carbonyl (C=O) groups is 2. The predicted octanol–water partition coefficient (Wildman–Crippen LogP) is 3.49. The molecule has 162 valence electrons. The van der Waals surface area contributed by atoms with Gasteiger partial charge in [-0.2, -0.15) is 0 Å². The molecule has 0 radical (unpaired) electrons. The zero-order chi connectivity index (χ0) is 21.6. The minimum absolute atomic E-state index is 0.0464. The number of fused-ring (bicyclic) bond motifs is 1. The number of carbonyl (C=O) groups excluding carboxylic acids is 2. The molecule has 0 spiro atoms. The van der Waals surface area contributed by atoms with Gasteiger partial charge in [-0.3, -0.25) is 9.59 Å². The first-order chi connectivity index (χ1) is 15.1. The second kappa shape index (κ2) is 9.74. The highest BCUT2D eigenvalue weighted by molar-refractivity contribution is 8.15. The number of rotatable bonds is 7. The highest BCUT2D eigenvalue weighted by Crippen LogP contribution is 2.34. The van der Waals surface area contributed by atoms with Crippen molar-refractivity contribution in [1.82, 2.24) is 5.32 Å². The van der Waals surface area contributed by atoms with E-state index in [1.165, 1.54) is 11.8 Å². The van der Waals surface area contributed by atoms with E-state index in [1.807, 2.05) is 6.92 Å². The first-order valence-electron chi connectivity index (χ1n) is 10.1. The van der Waals surface area contributed by atoms with Gasteiger partial charge in [-0.1, -0.05) is 18.7 Å². The van der Waals surface area contributed by atoms with Crippen LogP contribution >= 0.6 is 11.8 Å². The summed E-state index contributed by atoms with van der Waals surface area (Å²) in [6.45, 7) is 3.70. The van der Waals surface area contributed by atoms with Crippen LogP contribution in [0.1, 0.15) is 19.8 Å². The summed E-state index contributed by atoms with van der Waals surface area (Å²) >= 11 is 1.24. The monoisotopic (exact) mass is 441 g/mol. The van der Waals surface area contributed by atoms with Crippen molar-refractivity contribution >= 4 is 40.1 Å². The van der Waals surface area contributed by atoms with Gasteiger partial charge < -0.3 is 24.8 Å². The lowest BCUT2D eigenvalue weighted by atomic mass is 10.2. The molecule has 2 aliphatic rings. The lowest BCUT2D eigenvalue weighted by molar-refractivity contribution is -0.122. The Balaban J connectivity index is 1.33. The Morgan fingerprint density at radius 2 is 1.97 bits per heavy atom. The van der Waals surface area contributed by atoms with E-state index in [4.69, 9.17) is 14.2 Å². The van der Waals surface area contributed by atoms with E-state index in [0.29, 0.717) is 47.9 Å². The molecule has 1 atom stereocenters. The van der Waals surface area contributed by atoms with Crippen LogP contribution in [-0.4, -0.2) is 42.1 Å². The van der Waals surface area contributed by atoms with E-state index in [2.05, 4.69) is 15.6 Å². The molecule has 2 aliphatic heterocycles. The number of thioether (sulfide) groups is 1. The van der Waals surface area contributed by atoms with E-state index in [9.17, 15) is 9.59 Å². The summed E-state index contributed by atoms with van der Waals surface area (Å²) in [4.78, 5) is 29.1. The fourth-order valence-electron chi connectivity index (χ4n) is 3.05. The van der Waals surface area contributed by atoms with Gasteiger partial charge in [0.25, 0.3) is 0 Å². The summed E-state index contributed by atoms with van der Waals surface area (Å²) < 4.78 is 16.6. The summed E-state index contributed by atoms with van der Waals surface area (Å²) in [6.07, 6.45) is 0.976. The molecule has 2 N–H and O–H groups in total. The maximum atomic E-state index is 12.4. The van der Waals surface area contributed by atoms with Gasteiger partial charge in [-0.25, -0.2) is 4.99 Å². The quantitative estimate of drug-likeness (QED) is 0.683. The number of nitrogens with zero attached hydrogens (tertiary/aromatic N) is 1. The first-order valence-corrected chi connectivity index (χ1v) is 11.0. The summed E-state index contributed by atoms with van der Waals surface area (Å²) in [5.74, 6) is 1.59. The van der Waals surface area contributed by atoms with Crippen molar-refractivity contribution in [3.8, 4) is 17.2 Å². The Kier molecular flexibility index (Phi) is 6.61. The van der Waals surface area contributed by atoms with E-state index in [-0.39, 0.29) is 18.2 Å². The number of benzene rings is 2. The molecule has 2 aromatic rings. The maximum Gasteiger partial charge on any atom is 0.240 e. The van der Waals surface area contributed by atoms with Crippen LogP contribution in [0.25, 0.3) is 0 Å². The smallest absolute Gasteiger partial charge is 0.240 e. The molecular weight excluding hydrogens is 418 g/mol. The number of hydrogen-bond donors (Lipinski definition) is 2. The van der Waals surface area contributed by atoms with Gasteiger partial charge in [0, 0.05) is 18.2 Å². The SMILES string of the molecule is CCCOc1ccc(NC(=O)C[C@H]2SC(=Nc3ccc4c(c3)OCCO4)NC2=O)cc1. The minimum atomic E-state index is -0.539. The van der Waals surface area contributed by atoms with Crippen LogP contribution in [0, 0.1) is 0 Å². The normalized spacial score (nSPS) is 18.5. The Hall–Kier alpha value is -3.20. The molecule has 1 saturated heterocycles. The van der Waals surface area contributed by atoms with Crippen LogP contribution < -0.4 is 24.8 Å². The van der Waals surface area contributed by atoms with Gasteiger partial charge in [0.2, 0.25) is 11.8 Å². The van der Waals surface area contributed by atoms with Gasteiger partial charge >= 0.3 is 0 Å². The van der Waals surface area contributed by atoms with Gasteiger partial charge in [0.05, 0.1) is 12.3 Å². The van der Waals surface area contributed by atoms with E-state index >= 15 is 0 Å². The fraction of sp³-hybridized carbons (Fsp3) is 0.318. The Morgan fingerprint density at radius 1 is 1.19 bits per heavy atom. The molecule has 1 fully saturated rings. The molecule has 0 bridgehead atoms. The summed E-state index contributed by atoms with van der Waals surface area (Å²) in [6, 6.07) is 12.5. The minimum Gasteiger partial charge on any atom is -0.494 e. The third kappa shape index (κ3) is 5.49. The Labute approximate surface area is 184 Å². The number of nitrogens with one attached hydrogen (secondary N) is 2. The standard InChI is InChI=1S/C22H23N3O5S/c1-2-9-28-16-6-3-14(4-7-16)23-20(26)13-19-21(27)25-22(31-19)24-15-5-8-17-18(12-15)30-11-10-29-17/h3-8,12,19H,2,9-11,13H2,1H3,(H,23,26)(H,24,25,27)/t19-/m1/s1. The van der Waals surface area contributed by atoms with Crippen molar-refractivity contribution < 1.29 is 23.8 Å². The first kappa shape index (κ1) is 21.0. The molecule has 2 heterocycles. The number of anilines is 1. The highest BCUT2D eigenvalue weighted by atomic mass is 32.2. The van der Waals surface area contributed by atoms with Crippen LogP contribution in [-0.2, 0) is 9.59 Å². The predicted molar refractivity (Wildman–Crippen MR) is 120 cm³/mol. The van der Waals surface area contributed by atoms with E-state index in [0.717, 1.165) is 12.2 Å². The molecule has 8 nitrogen and oxygen atoms in total. The number of hydrogen-bond acceptors (Lipinski definition) is 7. The molecule has 0 saturated carbocycles. The molecule has 2 amide bonds. The summed E-state index contributed by atoms with van der Waals surface area (Å²) in [5, 5.41) is 5.46. The average Bonchev–Trinajstić information content (AvgIpc) is 3.11. The second-order valence-corrected chi connectivity index (χ2v) is 8.16. The number of aliphatic imine (C=N–C) groups is 1. The largest absolute Gasteiger partial charge is 0.494 e. The third-order valence-electron chi connectivity index (χ3n) is 4.51. The number of amides is 2. The lowest BCUT2D eigenvalue weighted by Crippen LogP contribution is -2.28. The van der Waals surface area contributed by atoms with E-state index < -0.39 is 5.25 Å². The second-order valence-electron chi connectivity index (χ2n) is 6.97. The van der Waals surface area contributed by atoms with Gasteiger partial charge in [-0.15, -0.1) is 0 Å². The molecule has 4 rings (SSSR count). The zero-order valence-electron chi connectivity index (χ0n) is 17.1. The maximum absolute atomic E-state index is 12.4. The van der Waals surface area contributed by atoms with Crippen molar-refractivity contribution in [3.05, 3.63) is 42.5 Å². The zero-order valence-corrected chi connectivity index (χ0v) is 17.9. The average molecular weight is 442 g/mol. The molecule has 0 aliphatic carbocycles. The third-order valence-corrected chi connectivity index (χ3v) is 5.60. The van der Waals surface area contributed by atoms with Crippen molar-refractivity contribution in [2.45, 2.75) is 25.0 Å².